The number of methoxy groups -OCH3 is 3. The number of rotatable bonds is 31. The third-order valence-corrected chi connectivity index (χ3v) is 26.0. The first-order valence-electron chi connectivity index (χ1n) is 42.6. The van der Waals surface area contributed by atoms with E-state index >= 15 is 0 Å². The summed E-state index contributed by atoms with van der Waals surface area (Å²) in [5, 5.41) is 89.0. The van der Waals surface area contributed by atoms with Gasteiger partial charge in [0.25, 0.3) is 0 Å². The predicted octanol–water partition coefficient (Wildman–Crippen LogP) is 12.0. The Kier molecular flexibility index (Phi) is 38.3. The molecule has 31 atom stereocenters. The molecule has 0 saturated carbocycles. The summed E-state index contributed by atoms with van der Waals surface area (Å²) in [5.74, 6) is 0.0528. The maximum absolute atomic E-state index is 12.6. The van der Waals surface area contributed by atoms with Crippen molar-refractivity contribution in [1.29, 1.82) is 0 Å². The van der Waals surface area contributed by atoms with E-state index in [1.54, 1.807) is 21.3 Å². The minimum atomic E-state index is -1.08. The van der Waals surface area contributed by atoms with Gasteiger partial charge in [0.15, 0.2) is 0 Å². The van der Waals surface area contributed by atoms with Crippen molar-refractivity contribution >= 4 is 35.8 Å². The highest BCUT2D eigenvalue weighted by Crippen LogP contribution is 2.49. The molecule has 8 aliphatic carbocycles. The van der Waals surface area contributed by atoms with Gasteiger partial charge in [-0.3, -0.25) is 28.8 Å². The topological polar surface area (TPSA) is 358 Å². The van der Waals surface area contributed by atoms with Crippen LogP contribution in [0.5, 0.6) is 0 Å². The van der Waals surface area contributed by atoms with Gasteiger partial charge < -0.3 is 83.9 Å². The molecule has 9 N–H and O–H groups in total. The van der Waals surface area contributed by atoms with Crippen molar-refractivity contribution in [2.24, 2.45) is 88.8 Å². The molecule has 23 heteroatoms. The van der Waals surface area contributed by atoms with Crippen molar-refractivity contribution in [2.45, 2.75) is 322 Å². The van der Waals surface area contributed by atoms with Crippen LogP contribution in [-0.4, -0.2) is 201 Å². The standard InChI is InChI=1S/C24H38O7.C24H36O6.C23H38O5.C19H28O5/c1-5-14(2)24(29)31-21-13-19(30-4)10-16-7-6-15(3)20(23(16)21)9-8-17(25)11-18(26)12-22(27)28;1-5-14(2)24(27)30-21-13-19(28-4)10-16-7-6-15(3)20(23(16)21)9-8-18-11-17(25)12-22(26)29-18;1-5-14(3)23(27)28-21-13-19(26)11-16-8-7-15(4)20(22(16)21)10-9-18(25)12-17(24)6-2;1-11-3-4-12-7-13(20)9-17(23-2)19(12)16(11)6-5-15-8-14(21)10-18(22)24-15/h6-7,10,14-15,17-21,23,25-26H,5,8-9,11-13H2,1-4H3,(H,27,28);6-7,10,14-15,17-21,23,25H,5,8-9,11-13H2,1-4H3;7-8,11,14-15,17-22,24-26H,5-6,9-10,12-13H2,1-4H3;3-4,7,11,13-17,19-21H,5-6,8-10H2,1-2H3/t2*14-,15-,17+,18+,19+,20-,21-,23-;14-,15-,17-,18-,19+,20-,21-,22-;11-,13-,14+,15+,16-,17-,19-/m0000/s1. The molecule has 2 saturated heterocycles. The molecule has 2 heterocycles. The lowest BCUT2D eigenvalue weighted by Crippen LogP contribution is -2.43. The zero-order valence-electron chi connectivity index (χ0n) is 69.8. The smallest absolute Gasteiger partial charge is 0.308 e. The van der Waals surface area contributed by atoms with E-state index in [2.05, 4.69) is 88.5 Å². The average Bonchev–Trinajstić information content (AvgIpc) is 0.793. The fourth-order valence-electron chi connectivity index (χ4n) is 18.6. The Hall–Kier alpha value is -5.70. The molecule has 10 rings (SSSR count). The third-order valence-electron chi connectivity index (χ3n) is 26.0. The molecule has 113 heavy (non-hydrogen) atoms. The lowest BCUT2D eigenvalue weighted by Gasteiger charge is -2.43. The number of fused-ring (bicyclic) bond motifs is 4. The molecule has 0 aromatic rings. The van der Waals surface area contributed by atoms with Crippen molar-refractivity contribution < 1.29 is 113 Å². The second-order valence-corrected chi connectivity index (χ2v) is 34.4. The maximum atomic E-state index is 12.6. The number of hydrogen-bond donors (Lipinski definition) is 9. The molecule has 10 aliphatic rings. The first-order chi connectivity index (χ1) is 53.7. The number of esters is 5. The van der Waals surface area contributed by atoms with Gasteiger partial charge in [-0.25, -0.2) is 0 Å². The van der Waals surface area contributed by atoms with E-state index in [4.69, 9.17) is 43.0 Å². The number of allylic oxidation sites excluding steroid dienone is 8. The van der Waals surface area contributed by atoms with Crippen LogP contribution in [-0.2, 0) is 66.7 Å². The van der Waals surface area contributed by atoms with Gasteiger partial charge in [0.2, 0.25) is 0 Å². The Morgan fingerprint density at radius 1 is 0.425 bits per heavy atom. The number of carbonyl (C=O) groups excluding carboxylic acids is 5. The monoisotopic (exact) mass is 1590 g/mol. The number of aliphatic hydroxyl groups excluding tert-OH is 8. The highest BCUT2D eigenvalue weighted by atomic mass is 16.6. The molecule has 23 nitrogen and oxygen atoms in total. The van der Waals surface area contributed by atoms with Gasteiger partial charge in [-0.1, -0.05) is 149 Å². The summed E-state index contributed by atoms with van der Waals surface area (Å²) in [6.45, 7) is 22.1. The van der Waals surface area contributed by atoms with Crippen LogP contribution in [0, 0.1) is 88.8 Å². The fraction of sp³-hybridized carbons (Fsp3) is 0.756. The molecule has 0 amide bonds. The number of ether oxygens (including phenoxy) is 8. The van der Waals surface area contributed by atoms with Crippen LogP contribution in [0.1, 0.15) is 224 Å². The lowest BCUT2D eigenvalue weighted by molar-refractivity contribution is -0.163. The lowest BCUT2D eigenvalue weighted by atomic mass is 9.66. The fourth-order valence-corrected chi connectivity index (χ4v) is 18.6. The summed E-state index contributed by atoms with van der Waals surface area (Å²) in [5.41, 5.74) is 4.46. The summed E-state index contributed by atoms with van der Waals surface area (Å²) in [6.07, 6.45) is 30.8. The first-order valence-corrected chi connectivity index (χ1v) is 42.6. The molecule has 0 bridgehead atoms. The summed E-state index contributed by atoms with van der Waals surface area (Å²) in [4.78, 5) is 71.5. The van der Waals surface area contributed by atoms with Crippen molar-refractivity contribution in [2.75, 3.05) is 21.3 Å². The minimum absolute atomic E-state index is 0.0110. The second kappa shape index (κ2) is 45.9. The van der Waals surface area contributed by atoms with Gasteiger partial charge >= 0.3 is 35.8 Å². The van der Waals surface area contributed by atoms with E-state index in [1.807, 2.05) is 60.6 Å². The number of aliphatic carboxylic acids is 1. The number of aliphatic hydroxyl groups is 8. The largest absolute Gasteiger partial charge is 0.481 e. The summed E-state index contributed by atoms with van der Waals surface area (Å²) < 4.78 is 45.5. The minimum Gasteiger partial charge on any atom is -0.481 e. The quantitative estimate of drug-likeness (QED) is 0.0230. The average molecular weight is 1590 g/mol. The van der Waals surface area contributed by atoms with Crippen LogP contribution < -0.4 is 0 Å². The number of carboxylic acid groups (broad SMARTS) is 1. The number of carboxylic acids is 1. The molecule has 0 radical (unpaired) electrons. The Morgan fingerprint density at radius 3 is 1.08 bits per heavy atom. The first kappa shape index (κ1) is 94.5. The zero-order valence-corrected chi connectivity index (χ0v) is 69.8. The van der Waals surface area contributed by atoms with E-state index in [0.29, 0.717) is 101 Å². The van der Waals surface area contributed by atoms with E-state index < -0.39 is 54.8 Å². The van der Waals surface area contributed by atoms with Gasteiger partial charge in [0.1, 0.15) is 30.5 Å². The van der Waals surface area contributed by atoms with E-state index in [1.165, 1.54) is 5.57 Å². The molecule has 0 unspecified atom stereocenters. The van der Waals surface area contributed by atoms with Gasteiger partial charge in [-0.15, -0.1) is 0 Å². The molecule has 0 spiro atoms. The van der Waals surface area contributed by atoms with Crippen LogP contribution in [0.25, 0.3) is 0 Å². The van der Waals surface area contributed by atoms with E-state index in [-0.39, 0.29) is 169 Å². The second-order valence-electron chi connectivity index (χ2n) is 34.4. The Balaban J connectivity index is 0.000000210. The Morgan fingerprint density at radius 2 is 0.752 bits per heavy atom. The maximum Gasteiger partial charge on any atom is 0.308 e. The van der Waals surface area contributed by atoms with Crippen LogP contribution in [0.15, 0.2) is 95.2 Å². The van der Waals surface area contributed by atoms with Gasteiger partial charge in [-0.2, -0.15) is 0 Å². The predicted molar refractivity (Wildman–Crippen MR) is 427 cm³/mol. The highest BCUT2D eigenvalue weighted by molar-refractivity contribution is 5.74. The van der Waals surface area contributed by atoms with Crippen LogP contribution in [0.4, 0.5) is 0 Å². The SMILES string of the molecule is CC[C@H](C)C(=O)O[C@H]1C[C@H](OC)C=C2C=C[C@H](C)[C@H](CC[C@@H](O)C[C@@H](O)CC(=O)O)[C@H]21.CC[C@H](C)C(=O)O[C@H]1C[C@H](OC)C=C2C=C[C@H](C)[C@H](CC[C@@H]3C[C@@H](O)CC(=O)O3)[C@H]21.CC[C@H](O)C[C@@H](O)CC[C@@H]1[C@@H]2C(=C[C@@H](O)C[C@@H]2OC(=O)[C@@H](C)CC)C=C[C@@H]1C.CO[C@H]1C[C@@H](O)C=C2C=C[C@H](C)[C@H](CC[C@@H]3C[C@@H](O)CC(=O)O3)[C@H]21. The summed E-state index contributed by atoms with van der Waals surface area (Å²) >= 11 is 0. The third kappa shape index (κ3) is 27.7. The molecule has 638 valence electrons. The normalized spacial score (nSPS) is 35.3. The Bertz CT molecular complexity index is 3300. The van der Waals surface area contributed by atoms with Crippen molar-refractivity contribution in [3.05, 3.63) is 95.2 Å². The summed E-state index contributed by atoms with van der Waals surface area (Å²) in [6, 6.07) is 0. The molecular weight excluding hydrogens is 1450 g/mol. The molecule has 0 aromatic heterocycles. The molecule has 2 aliphatic heterocycles. The molecular formula is C90H140O23. The number of hydrogen-bond acceptors (Lipinski definition) is 22. The zero-order chi connectivity index (χ0) is 83.1. The highest BCUT2D eigenvalue weighted by Gasteiger charge is 2.48. The van der Waals surface area contributed by atoms with Gasteiger partial charge in [0.05, 0.1) is 104 Å². The number of cyclic esters (lactones) is 2. The van der Waals surface area contributed by atoms with Crippen molar-refractivity contribution in [1.82, 2.24) is 0 Å². The van der Waals surface area contributed by atoms with Crippen LogP contribution in [0.2, 0.25) is 0 Å². The molecule has 2 fully saturated rings. The van der Waals surface area contributed by atoms with Gasteiger partial charge in [-0.05, 0) is 160 Å². The summed E-state index contributed by atoms with van der Waals surface area (Å²) in [7, 11) is 5.05. The van der Waals surface area contributed by atoms with Crippen molar-refractivity contribution in [3.8, 4) is 0 Å². The molecule has 0 aromatic carbocycles. The van der Waals surface area contributed by atoms with Crippen LogP contribution in [0.3, 0.4) is 0 Å². The van der Waals surface area contributed by atoms with E-state index in [9.17, 15) is 69.6 Å². The number of carbonyl (C=O) groups is 6. The van der Waals surface area contributed by atoms with Crippen LogP contribution >= 0.6 is 0 Å². The van der Waals surface area contributed by atoms with Crippen molar-refractivity contribution in [3.63, 3.8) is 0 Å². The Labute approximate surface area is 672 Å². The van der Waals surface area contributed by atoms with Gasteiger partial charge in [0, 0.05) is 83.5 Å². The van der Waals surface area contributed by atoms with E-state index in [0.717, 1.165) is 61.7 Å².